The Morgan fingerprint density at radius 3 is 2.44 bits per heavy atom. The number of carbonyl (C=O) groups is 2. The van der Waals surface area contributed by atoms with Crippen molar-refractivity contribution in [2.45, 2.75) is 24.3 Å². The van der Waals surface area contributed by atoms with Gasteiger partial charge in [0.05, 0.1) is 4.87 Å². The van der Waals surface area contributed by atoms with E-state index < -0.39 is 16.9 Å². The molecule has 1 amide bonds. The third-order valence-corrected chi connectivity index (χ3v) is 5.66. The fourth-order valence-electron chi connectivity index (χ4n) is 3.00. The highest BCUT2D eigenvalue weighted by atomic mass is 32.2. The molecule has 2 atom stereocenters. The van der Waals surface area contributed by atoms with Crippen LogP contribution in [0.15, 0.2) is 54.6 Å². The van der Waals surface area contributed by atoms with Crippen molar-refractivity contribution in [3.63, 3.8) is 0 Å². The molecular formula is C19H20N2O3S. The highest BCUT2D eigenvalue weighted by molar-refractivity contribution is 8.00. The quantitative estimate of drug-likeness (QED) is 0.768. The van der Waals surface area contributed by atoms with Gasteiger partial charge in [-0.3, -0.25) is 14.9 Å². The molecule has 1 unspecified atom stereocenters. The second-order valence-electron chi connectivity index (χ2n) is 6.09. The number of benzene rings is 2. The number of nitrogens with one attached hydrogen (secondary N) is 2. The van der Waals surface area contributed by atoms with Gasteiger partial charge >= 0.3 is 5.97 Å². The van der Waals surface area contributed by atoms with E-state index in [1.807, 2.05) is 54.6 Å². The summed E-state index contributed by atoms with van der Waals surface area (Å²) >= 11 is 1.61. The van der Waals surface area contributed by atoms with E-state index in [1.165, 1.54) is 6.92 Å². The van der Waals surface area contributed by atoms with Gasteiger partial charge in [-0.15, -0.1) is 11.8 Å². The zero-order valence-corrected chi connectivity index (χ0v) is 14.7. The monoisotopic (exact) mass is 356 g/mol. The van der Waals surface area contributed by atoms with Gasteiger partial charge < -0.3 is 10.4 Å². The van der Waals surface area contributed by atoms with Crippen molar-refractivity contribution in [3.8, 4) is 0 Å². The highest BCUT2D eigenvalue weighted by Crippen LogP contribution is 2.42. The molecule has 1 aliphatic heterocycles. The summed E-state index contributed by atoms with van der Waals surface area (Å²) in [6, 6.07) is 17.0. The SMILES string of the molecule is CC(=O)Nc1ccc(C2(Cc3ccccc3)N[C@H](C(=O)O)CS2)cc1. The molecule has 1 aliphatic rings. The number of hydrogen-bond donors (Lipinski definition) is 3. The molecule has 3 N–H and O–H groups in total. The first kappa shape index (κ1) is 17.5. The van der Waals surface area contributed by atoms with Gasteiger partial charge in [0.1, 0.15) is 6.04 Å². The maximum absolute atomic E-state index is 11.4. The first-order valence-electron chi connectivity index (χ1n) is 8.05. The van der Waals surface area contributed by atoms with Gasteiger partial charge in [-0.25, -0.2) is 0 Å². The van der Waals surface area contributed by atoms with Crippen molar-refractivity contribution in [1.29, 1.82) is 0 Å². The van der Waals surface area contributed by atoms with Crippen molar-refractivity contribution in [3.05, 3.63) is 65.7 Å². The minimum absolute atomic E-state index is 0.119. The Labute approximate surface area is 150 Å². The largest absolute Gasteiger partial charge is 0.480 e. The Kier molecular flexibility index (Phi) is 5.11. The second-order valence-corrected chi connectivity index (χ2v) is 7.41. The second kappa shape index (κ2) is 7.29. The third kappa shape index (κ3) is 4.03. The van der Waals surface area contributed by atoms with E-state index in [2.05, 4.69) is 10.6 Å². The van der Waals surface area contributed by atoms with E-state index in [9.17, 15) is 14.7 Å². The van der Waals surface area contributed by atoms with E-state index in [-0.39, 0.29) is 5.91 Å². The molecule has 5 nitrogen and oxygen atoms in total. The standard InChI is InChI=1S/C19H20N2O3S/c1-13(22)20-16-9-7-15(8-10-16)19(11-14-5-3-2-4-6-14)21-17(12-25-19)18(23)24/h2-10,17,21H,11-12H2,1H3,(H,20,22)(H,23,24)/t17-,19?/m0/s1. The molecule has 0 radical (unpaired) electrons. The summed E-state index contributed by atoms with van der Waals surface area (Å²) in [5.41, 5.74) is 2.86. The topological polar surface area (TPSA) is 78.4 Å². The summed E-state index contributed by atoms with van der Waals surface area (Å²) < 4.78 is 0. The maximum atomic E-state index is 11.4. The van der Waals surface area contributed by atoms with Gasteiger partial charge in [0, 0.05) is 24.8 Å². The van der Waals surface area contributed by atoms with Crippen LogP contribution in [-0.4, -0.2) is 28.8 Å². The average Bonchev–Trinajstić information content (AvgIpc) is 3.01. The van der Waals surface area contributed by atoms with Crippen LogP contribution in [0.1, 0.15) is 18.1 Å². The minimum atomic E-state index is -0.836. The van der Waals surface area contributed by atoms with E-state index in [0.717, 1.165) is 16.8 Å². The molecule has 2 aromatic rings. The fourth-order valence-corrected chi connectivity index (χ4v) is 4.48. The molecular weight excluding hydrogens is 336 g/mol. The lowest BCUT2D eigenvalue weighted by atomic mass is 9.97. The van der Waals surface area contributed by atoms with Gasteiger partial charge in [-0.1, -0.05) is 42.5 Å². The first-order valence-corrected chi connectivity index (χ1v) is 9.04. The highest BCUT2D eigenvalue weighted by Gasteiger charge is 2.43. The zero-order chi connectivity index (χ0) is 17.9. The van der Waals surface area contributed by atoms with Gasteiger partial charge in [-0.2, -0.15) is 0 Å². The summed E-state index contributed by atoms with van der Waals surface area (Å²) in [5, 5.41) is 15.4. The molecule has 1 fully saturated rings. The van der Waals surface area contributed by atoms with Gasteiger partial charge in [0.15, 0.2) is 0 Å². The smallest absolute Gasteiger partial charge is 0.321 e. The van der Waals surface area contributed by atoms with Crippen LogP contribution in [0.3, 0.4) is 0 Å². The van der Waals surface area contributed by atoms with Gasteiger partial charge in [-0.05, 0) is 23.3 Å². The van der Waals surface area contributed by atoms with E-state index in [4.69, 9.17) is 0 Å². The predicted octanol–water partition coefficient (Wildman–Crippen LogP) is 2.83. The summed E-state index contributed by atoms with van der Waals surface area (Å²) in [5.74, 6) is -0.446. The maximum Gasteiger partial charge on any atom is 0.321 e. The average molecular weight is 356 g/mol. The van der Waals surface area contributed by atoms with Crippen LogP contribution in [0.5, 0.6) is 0 Å². The summed E-state index contributed by atoms with van der Waals surface area (Å²) in [7, 11) is 0. The van der Waals surface area contributed by atoms with Crippen LogP contribution in [-0.2, 0) is 20.9 Å². The molecule has 0 spiro atoms. The molecule has 1 saturated heterocycles. The predicted molar refractivity (Wildman–Crippen MR) is 99.6 cm³/mol. The number of carbonyl (C=O) groups excluding carboxylic acids is 1. The number of anilines is 1. The third-order valence-electron chi connectivity index (χ3n) is 4.17. The van der Waals surface area contributed by atoms with Crippen molar-refractivity contribution >= 4 is 29.3 Å². The van der Waals surface area contributed by atoms with Crippen molar-refractivity contribution in [2.75, 3.05) is 11.1 Å². The Bertz CT molecular complexity index is 764. The Morgan fingerprint density at radius 2 is 1.88 bits per heavy atom. The molecule has 1 heterocycles. The number of carboxylic acid groups (broad SMARTS) is 1. The molecule has 25 heavy (non-hydrogen) atoms. The van der Waals surface area contributed by atoms with Crippen LogP contribution in [0.25, 0.3) is 0 Å². The molecule has 2 aromatic carbocycles. The molecule has 0 aromatic heterocycles. The van der Waals surface area contributed by atoms with Crippen LogP contribution in [0, 0.1) is 0 Å². The number of carboxylic acids is 1. The Morgan fingerprint density at radius 1 is 1.20 bits per heavy atom. The van der Waals surface area contributed by atoms with Crippen LogP contribution < -0.4 is 10.6 Å². The van der Waals surface area contributed by atoms with Gasteiger partial charge in [0.25, 0.3) is 0 Å². The fraction of sp³-hybridized carbons (Fsp3) is 0.263. The lowest BCUT2D eigenvalue weighted by Crippen LogP contribution is -2.44. The zero-order valence-electron chi connectivity index (χ0n) is 13.9. The summed E-state index contributed by atoms with van der Waals surface area (Å²) in [4.78, 5) is 22.1. The van der Waals surface area contributed by atoms with Gasteiger partial charge in [0.2, 0.25) is 5.91 Å². The molecule has 6 heteroatoms. The van der Waals surface area contributed by atoms with E-state index >= 15 is 0 Å². The summed E-state index contributed by atoms with van der Waals surface area (Å²) in [6.07, 6.45) is 0.682. The van der Waals surface area contributed by atoms with Crippen LogP contribution in [0.4, 0.5) is 5.69 Å². The number of aliphatic carboxylic acids is 1. The molecule has 3 rings (SSSR count). The molecule has 0 saturated carbocycles. The molecule has 0 bridgehead atoms. The minimum Gasteiger partial charge on any atom is -0.480 e. The van der Waals surface area contributed by atoms with Crippen LogP contribution in [0.2, 0.25) is 0 Å². The summed E-state index contributed by atoms with van der Waals surface area (Å²) in [6.45, 7) is 1.47. The first-order chi connectivity index (χ1) is 12.0. The lowest BCUT2D eigenvalue weighted by Gasteiger charge is -2.30. The number of hydrogen-bond acceptors (Lipinski definition) is 4. The molecule has 130 valence electrons. The lowest BCUT2D eigenvalue weighted by molar-refractivity contribution is -0.138. The Hall–Kier alpha value is -2.31. The van der Waals surface area contributed by atoms with Crippen molar-refractivity contribution in [1.82, 2.24) is 5.32 Å². The van der Waals surface area contributed by atoms with Crippen molar-refractivity contribution in [2.24, 2.45) is 0 Å². The molecule has 0 aliphatic carbocycles. The number of thioether (sulfide) groups is 1. The van der Waals surface area contributed by atoms with Crippen LogP contribution >= 0.6 is 11.8 Å². The van der Waals surface area contributed by atoms with Crippen molar-refractivity contribution < 1.29 is 14.7 Å². The number of rotatable bonds is 5. The normalized spacial score (nSPS) is 22.5. The Balaban J connectivity index is 1.91. The van der Waals surface area contributed by atoms with E-state index in [1.54, 1.807) is 11.8 Å². The number of amides is 1. The van der Waals surface area contributed by atoms with E-state index in [0.29, 0.717) is 12.2 Å².